The number of nitrogens with zero attached hydrogens (tertiary/aromatic N) is 2. The molecule has 1 fully saturated rings. The number of non-ortho nitro benzene ring substituents is 1. The standard InChI is InChI=1S/C13H16N2O4/c1-9-3-2-6-14(8-9)12-5-4-10(15(18)19)7-11(12)13(16)17/h4-5,7,9H,2-3,6,8H2,1H3,(H,16,17). The normalized spacial score (nSPS) is 19.2. The van der Waals surface area contributed by atoms with Crippen molar-refractivity contribution in [2.75, 3.05) is 18.0 Å². The van der Waals surface area contributed by atoms with E-state index in [2.05, 4.69) is 6.92 Å². The van der Waals surface area contributed by atoms with Gasteiger partial charge in [0.2, 0.25) is 0 Å². The van der Waals surface area contributed by atoms with Crippen LogP contribution in [0.2, 0.25) is 0 Å². The van der Waals surface area contributed by atoms with Crippen molar-refractivity contribution in [3.63, 3.8) is 0 Å². The molecule has 1 atom stereocenters. The van der Waals surface area contributed by atoms with Crippen molar-refractivity contribution < 1.29 is 14.8 Å². The Hall–Kier alpha value is -2.11. The Morgan fingerprint density at radius 3 is 2.84 bits per heavy atom. The Balaban J connectivity index is 2.38. The summed E-state index contributed by atoms with van der Waals surface area (Å²) in [7, 11) is 0. The van der Waals surface area contributed by atoms with E-state index < -0.39 is 10.9 Å². The Kier molecular flexibility index (Phi) is 3.69. The van der Waals surface area contributed by atoms with Crippen molar-refractivity contribution in [3.8, 4) is 0 Å². The van der Waals surface area contributed by atoms with E-state index in [-0.39, 0.29) is 11.3 Å². The third kappa shape index (κ3) is 2.83. The molecule has 0 aliphatic carbocycles. The topological polar surface area (TPSA) is 83.7 Å². The highest BCUT2D eigenvalue weighted by atomic mass is 16.6. The summed E-state index contributed by atoms with van der Waals surface area (Å²) in [6.07, 6.45) is 2.14. The summed E-state index contributed by atoms with van der Waals surface area (Å²) in [6, 6.07) is 4.04. The van der Waals surface area contributed by atoms with Crippen LogP contribution in [0.15, 0.2) is 18.2 Å². The van der Waals surface area contributed by atoms with Crippen LogP contribution in [-0.4, -0.2) is 29.1 Å². The highest BCUT2D eigenvalue weighted by Gasteiger charge is 2.23. The molecule has 1 aromatic rings. The van der Waals surface area contributed by atoms with Gasteiger partial charge in [0, 0.05) is 25.2 Å². The molecule has 1 saturated heterocycles. The van der Waals surface area contributed by atoms with Gasteiger partial charge in [-0.1, -0.05) is 6.92 Å². The van der Waals surface area contributed by atoms with Crippen molar-refractivity contribution >= 4 is 17.3 Å². The van der Waals surface area contributed by atoms with Crippen LogP contribution >= 0.6 is 0 Å². The number of hydrogen-bond donors (Lipinski definition) is 1. The maximum atomic E-state index is 11.3. The minimum atomic E-state index is -1.13. The molecular formula is C13H16N2O4. The number of anilines is 1. The Labute approximate surface area is 110 Å². The minimum absolute atomic E-state index is 0.00306. The van der Waals surface area contributed by atoms with Crippen LogP contribution in [0.25, 0.3) is 0 Å². The van der Waals surface area contributed by atoms with E-state index in [9.17, 15) is 20.0 Å². The van der Waals surface area contributed by atoms with Gasteiger partial charge in [-0.3, -0.25) is 10.1 Å². The lowest BCUT2D eigenvalue weighted by molar-refractivity contribution is -0.384. The van der Waals surface area contributed by atoms with Gasteiger partial charge < -0.3 is 10.0 Å². The summed E-state index contributed by atoms with van der Waals surface area (Å²) in [5.41, 5.74) is 0.388. The Morgan fingerprint density at radius 2 is 2.26 bits per heavy atom. The van der Waals surface area contributed by atoms with Crippen LogP contribution in [-0.2, 0) is 0 Å². The summed E-state index contributed by atoms with van der Waals surface area (Å²) in [4.78, 5) is 23.4. The lowest BCUT2D eigenvalue weighted by atomic mass is 9.98. The molecule has 0 aromatic heterocycles. The fourth-order valence-electron chi connectivity index (χ4n) is 2.49. The third-order valence-corrected chi connectivity index (χ3v) is 3.42. The molecule has 0 spiro atoms. The van der Waals surface area contributed by atoms with Gasteiger partial charge in [-0.05, 0) is 24.8 Å². The molecule has 0 amide bonds. The summed E-state index contributed by atoms with van der Waals surface area (Å²) in [5, 5.41) is 19.9. The molecule has 1 N–H and O–H groups in total. The third-order valence-electron chi connectivity index (χ3n) is 3.42. The fraction of sp³-hybridized carbons (Fsp3) is 0.462. The molecule has 0 bridgehead atoms. The maximum Gasteiger partial charge on any atom is 0.338 e. The number of benzene rings is 1. The maximum absolute atomic E-state index is 11.3. The number of carboxylic acids is 1. The van der Waals surface area contributed by atoms with Gasteiger partial charge in [0.1, 0.15) is 0 Å². The second-order valence-corrected chi connectivity index (χ2v) is 4.96. The number of carbonyl (C=O) groups is 1. The van der Waals surface area contributed by atoms with Crippen LogP contribution in [0.3, 0.4) is 0 Å². The first-order valence-electron chi connectivity index (χ1n) is 6.25. The van der Waals surface area contributed by atoms with Crippen molar-refractivity contribution in [1.82, 2.24) is 0 Å². The molecule has 1 aliphatic heterocycles. The molecule has 102 valence electrons. The van der Waals surface area contributed by atoms with E-state index in [1.807, 2.05) is 4.90 Å². The molecule has 19 heavy (non-hydrogen) atoms. The first-order chi connectivity index (χ1) is 8.99. The number of rotatable bonds is 3. The zero-order valence-electron chi connectivity index (χ0n) is 10.7. The van der Waals surface area contributed by atoms with Crippen LogP contribution in [0.1, 0.15) is 30.1 Å². The zero-order chi connectivity index (χ0) is 14.0. The van der Waals surface area contributed by atoms with Crippen LogP contribution in [0, 0.1) is 16.0 Å². The van der Waals surface area contributed by atoms with Crippen molar-refractivity contribution in [2.45, 2.75) is 19.8 Å². The van der Waals surface area contributed by atoms with Gasteiger partial charge in [-0.15, -0.1) is 0 Å². The number of hydrogen-bond acceptors (Lipinski definition) is 4. The van der Waals surface area contributed by atoms with Gasteiger partial charge in [0.25, 0.3) is 5.69 Å². The van der Waals surface area contributed by atoms with Gasteiger partial charge in [-0.25, -0.2) is 4.79 Å². The quantitative estimate of drug-likeness (QED) is 0.670. The number of nitro benzene ring substituents is 1. The fourth-order valence-corrected chi connectivity index (χ4v) is 2.49. The summed E-state index contributed by atoms with van der Waals surface area (Å²) < 4.78 is 0. The lowest BCUT2D eigenvalue weighted by Gasteiger charge is -2.33. The largest absolute Gasteiger partial charge is 0.478 e. The average Bonchev–Trinajstić information content (AvgIpc) is 2.37. The highest BCUT2D eigenvalue weighted by Crippen LogP contribution is 2.29. The van der Waals surface area contributed by atoms with Gasteiger partial charge in [-0.2, -0.15) is 0 Å². The molecule has 1 unspecified atom stereocenters. The predicted octanol–water partition coefficient (Wildman–Crippen LogP) is 2.53. The number of carboxylic acid groups (broad SMARTS) is 1. The minimum Gasteiger partial charge on any atom is -0.478 e. The smallest absolute Gasteiger partial charge is 0.338 e. The van der Waals surface area contributed by atoms with Crippen molar-refractivity contribution in [1.29, 1.82) is 0 Å². The first kappa shape index (κ1) is 13.3. The Morgan fingerprint density at radius 1 is 1.53 bits per heavy atom. The first-order valence-corrected chi connectivity index (χ1v) is 6.25. The highest BCUT2D eigenvalue weighted by molar-refractivity contribution is 5.95. The second kappa shape index (κ2) is 5.26. The number of aromatic carboxylic acids is 1. The predicted molar refractivity (Wildman–Crippen MR) is 70.7 cm³/mol. The molecule has 1 heterocycles. The average molecular weight is 264 g/mol. The molecule has 1 aliphatic rings. The summed E-state index contributed by atoms with van der Waals surface area (Å²) in [5.74, 6) is -0.623. The van der Waals surface area contributed by atoms with Gasteiger partial charge in [0.05, 0.1) is 16.2 Å². The SMILES string of the molecule is CC1CCCN(c2ccc([N+](=O)[O-])cc2C(=O)O)C1. The Bertz CT molecular complexity index is 515. The second-order valence-electron chi connectivity index (χ2n) is 4.96. The molecular weight excluding hydrogens is 248 g/mol. The van der Waals surface area contributed by atoms with E-state index in [0.717, 1.165) is 32.0 Å². The zero-order valence-corrected chi connectivity index (χ0v) is 10.7. The molecule has 2 rings (SSSR count). The molecule has 0 saturated carbocycles. The van der Waals surface area contributed by atoms with E-state index in [1.54, 1.807) is 6.07 Å². The van der Waals surface area contributed by atoms with E-state index in [4.69, 9.17) is 0 Å². The van der Waals surface area contributed by atoms with Gasteiger partial charge in [0.15, 0.2) is 0 Å². The van der Waals surface area contributed by atoms with Gasteiger partial charge >= 0.3 is 5.97 Å². The van der Waals surface area contributed by atoms with Crippen molar-refractivity contribution in [2.24, 2.45) is 5.92 Å². The van der Waals surface area contributed by atoms with E-state index >= 15 is 0 Å². The van der Waals surface area contributed by atoms with Crippen molar-refractivity contribution in [3.05, 3.63) is 33.9 Å². The molecule has 1 aromatic carbocycles. The summed E-state index contributed by atoms with van der Waals surface area (Å²) >= 11 is 0. The number of nitro groups is 1. The monoisotopic (exact) mass is 264 g/mol. The molecule has 6 nitrogen and oxygen atoms in total. The van der Waals surface area contributed by atoms with Crippen LogP contribution < -0.4 is 4.90 Å². The molecule has 6 heteroatoms. The van der Waals surface area contributed by atoms with E-state index in [1.165, 1.54) is 6.07 Å². The number of piperidine rings is 1. The van der Waals surface area contributed by atoms with Crippen LogP contribution in [0.5, 0.6) is 0 Å². The van der Waals surface area contributed by atoms with Crippen LogP contribution in [0.4, 0.5) is 11.4 Å². The van der Waals surface area contributed by atoms with E-state index in [0.29, 0.717) is 11.6 Å². The lowest BCUT2D eigenvalue weighted by Crippen LogP contribution is -2.35. The summed E-state index contributed by atoms with van der Waals surface area (Å²) in [6.45, 7) is 3.71. The molecule has 0 radical (unpaired) electrons.